The summed E-state index contributed by atoms with van der Waals surface area (Å²) < 4.78 is 7.92. The summed E-state index contributed by atoms with van der Waals surface area (Å²) in [5, 5.41) is 4.51. The number of aromatic nitrogens is 1. The number of rotatable bonds is 5. The van der Waals surface area contributed by atoms with Crippen LogP contribution in [0.5, 0.6) is 5.75 Å². The van der Waals surface area contributed by atoms with Crippen molar-refractivity contribution in [1.82, 2.24) is 9.88 Å². The lowest BCUT2D eigenvalue weighted by Gasteiger charge is -2.24. The molecule has 134 valence electrons. The van der Waals surface area contributed by atoms with Crippen LogP contribution in [0.25, 0.3) is 10.9 Å². The Labute approximate surface area is 153 Å². The predicted molar refractivity (Wildman–Crippen MR) is 103 cm³/mol. The number of ether oxygens (including phenoxy) is 1. The Morgan fingerprint density at radius 3 is 2.77 bits per heavy atom. The lowest BCUT2D eigenvalue weighted by molar-refractivity contribution is -0.122. The molecule has 0 bridgehead atoms. The van der Waals surface area contributed by atoms with Crippen LogP contribution >= 0.6 is 0 Å². The van der Waals surface area contributed by atoms with Crippen LogP contribution in [-0.2, 0) is 24.7 Å². The van der Waals surface area contributed by atoms with Crippen LogP contribution in [0.2, 0.25) is 0 Å². The van der Waals surface area contributed by atoms with E-state index in [2.05, 4.69) is 41.2 Å². The van der Waals surface area contributed by atoms with Gasteiger partial charge in [0.25, 0.3) is 0 Å². The summed E-state index contributed by atoms with van der Waals surface area (Å²) in [5.74, 6) is 0.869. The molecule has 1 heterocycles. The maximum Gasteiger partial charge on any atom is 0.223 e. The molecular formula is C22H24N2O2. The molecule has 1 aliphatic rings. The highest BCUT2D eigenvalue weighted by Crippen LogP contribution is 2.31. The Morgan fingerprint density at radius 1 is 1.15 bits per heavy atom. The van der Waals surface area contributed by atoms with E-state index in [1.807, 2.05) is 30.3 Å². The van der Waals surface area contributed by atoms with Crippen molar-refractivity contribution in [2.24, 2.45) is 7.05 Å². The molecule has 0 saturated carbocycles. The maximum atomic E-state index is 12.3. The molecule has 0 radical (unpaired) electrons. The SMILES string of the molecule is Cn1c2c(c3ccccc31)CC(NC(=O)CCOc1ccccc1)CC2. The van der Waals surface area contributed by atoms with Gasteiger partial charge < -0.3 is 14.6 Å². The van der Waals surface area contributed by atoms with E-state index in [0.717, 1.165) is 25.0 Å². The molecule has 4 rings (SSSR count). The van der Waals surface area contributed by atoms with Gasteiger partial charge in [-0.3, -0.25) is 4.79 Å². The van der Waals surface area contributed by atoms with E-state index in [4.69, 9.17) is 4.74 Å². The van der Waals surface area contributed by atoms with Gasteiger partial charge in [-0.1, -0.05) is 36.4 Å². The Bertz CT molecular complexity index is 915. The number of benzene rings is 2. The minimum atomic E-state index is 0.0645. The molecule has 26 heavy (non-hydrogen) atoms. The second-order valence-corrected chi connectivity index (χ2v) is 6.92. The summed E-state index contributed by atoms with van der Waals surface area (Å²) in [6.07, 6.45) is 3.28. The monoisotopic (exact) mass is 348 g/mol. The van der Waals surface area contributed by atoms with Gasteiger partial charge >= 0.3 is 0 Å². The van der Waals surface area contributed by atoms with Crippen molar-refractivity contribution in [3.8, 4) is 5.75 Å². The van der Waals surface area contributed by atoms with E-state index in [-0.39, 0.29) is 11.9 Å². The van der Waals surface area contributed by atoms with Gasteiger partial charge in [0.2, 0.25) is 5.91 Å². The fourth-order valence-corrected chi connectivity index (χ4v) is 3.93. The van der Waals surface area contributed by atoms with Crippen LogP contribution in [0.15, 0.2) is 54.6 Å². The van der Waals surface area contributed by atoms with E-state index in [9.17, 15) is 4.79 Å². The second-order valence-electron chi connectivity index (χ2n) is 6.92. The molecule has 0 spiro atoms. The molecule has 0 saturated heterocycles. The highest BCUT2D eigenvalue weighted by Gasteiger charge is 2.25. The Balaban J connectivity index is 1.35. The molecular weight excluding hydrogens is 324 g/mol. The smallest absolute Gasteiger partial charge is 0.223 e. The molecule has 1 amide bonds. The van der Waals surface area contributed by atoms with Gasteiger partial charge in [0.05, 0.1) is 13.0 Å². The van der Waals surface area contributed by atoms with E-state index in [1.165, 1.54) is 22.2 Å². The number of hydrogen-bond acceptors (Lipinski definition) is 2. The molecule has 3 aromatic rings. The first kappa shape index (κ1) is 16.7. The number of carbonyl (C=O) groups excluding carboxylic acids is 1. The van der Waals surface area contributed by atoms with Gasteiger partial charge in [0.15, 0.2) is 0 Å². The third kappa shape index (κ3) is 3.32. The van der Waals surface area contributed by atoms with Crippen molar-refractivity contribution in [3.05, 3.63) is 65.9 Å². The van der Waals surface area contributed by atoms with Crippen molar-refractivity contribution in [2.45, 2.75) is 31.7 Å². The maximum absolute atomic E-state index is 12.3. The minimum Gasteiger partial charge on any atom is -0.493 e. The summed E-state index contributed by atoms with van der Waals surface area (Å²) >= 11 is 0. The summed E-state index contributed by atoms with van der Waals surface area (Å²) in [7, 11) is 2.14. The first-order valence-corrected chi connectivity index (χ1v) is 9.25. The third-order valence-corrected chi connectivity index (χ3v) is 5.23. The molecule has 1 aromatic heterocycles. The number of nitrogens with zero attached hydrogens (tertiary/aromatic N) is 1. The van der Waals surface area contributed by atoms with Crippen LogP contribution in [0, 0.1) is 0 Å². The fraction of sp³-hybridized carbons (Fsp3) is 0.318. The van der Waals surface area contributed by atoms with Crippen LogP contribution in [-0.4, -0.2) is 23.1 Å². The highest BCUT2D eigenvalue weighted by atomic mass is 16.5. The quantitative estimate of drug-likeness (QED) is 0.765. The zero-order valence-electron chi connectivity index (χ0n) is 15.1. The first-order valence-electron chi connectivity index (χ1n) is 9.25. The number of amides is 1. The lowest BCUT2D eigenvalue weighted by Crippen LogP contribution is -2.39. The van der Waals surface area contributed by atoms with Crippen LogP contribution in [0.3, 0.4) is 0 Å². The number of aryl methyl sites for hydroxylation is 1. The second kappa shape index (κ2) is 7.24. The highest BCUT2D eigenvalue weighted by molar-refractivity contribution is 5.86. The van der Waals surface area contributed by atoms with Crippen molar-refractivity contribution >= 4 is 16.8 Å². The molecule has 1 N–H and O–H groups in total. The third-order valence-electron chi connectivity index (χ3n) is 5.23. The van der Waals surface area contributed by atoms with Gasteiger partial charge in [-0.25, -0.2) is 0 Å². The van der Waals surface area contributed by atoms with Gasteiger partial charge in [0.1, 0.15) is 5.75 Å². The average molecular weight is 348 g/mol. The Hall–Kier alpha value is -2.75. The van der Waals surface area contributed by atoms with Crippen molar-refractivity contribution in [3.63, 3.8) is 0 Å². The van der Waals surface area contributed by atoms with E-state index < -0.39 is 0 Å². The van der Waals surface area contributed by atoms with Gasteiger partial charge in [-0.15, -0.1) is 0 Å². The van der Waals surface area contributed by atoms with Crippen molar-refractivity contribution in [1.29, 1.82) is 0 Å². The summed E-state index contributed by atoms with van der Waals surface area (Å²) in [6.45, 7) is 0.405. The Kier molecular flexibility index (Phi) is 4.65. The zero-order valence-corrected chi connectivity index (χ0v) is 15.1. The number of carbonyl (C=O) groups is 1. The summed E-state index contributed by atoms with van der Waals surface area (Å²) in [5.41, 5.74) is 4.07. The molecule has 1 aliphatic carbocycles. The van der Waals surface area contributed by atoms with Crippen LogP contribution < -0.4 is 10.1 Å². The lowest BCUT2D eigenvalue weighted by atomic mass is 9.91. The number of nitrogens with one attached hydrogen (secondary N) is 1. The van der Waals surface area contributed by atoms with Crippen molar-refractivity contribution in [2.75, 3.05) is 6.61 Å². The molecule has 4 nitrogen and oxygen atoms in total. The molecule has 2 aromatic carbocycles. The topological polar surface area (TPSA) is 43.3 Å². The van der Waals surface area contributed by atoms with E-state index in [0.29, 0.717) is 13.0 Å². The predicted octanol–water partition coefficient (Wildman–Crippen LogP) is 3.62. The van der Waals surface area contributed by atoms with Crippen LogP contribution in [0.1, 0.15) is 24.1 Å². The molecule has 0 fully saturated rings. The number of para-hydroxylation sites is 2. The number of hydrogen-bond donors (Lipinski definition) is 1. The number of fused-ring (bicyclic) bond motifs is 3. The van der Waals surface area contributed by atoms with Gasteiger partial charge in [-0.05, 0) is 43.0 Å². The van der Waals surface area contributed by atoms with E-state index >= 15 is 0 Å². The Morgan fingerprint density at radius 2 is 1.92 bits per heavy atom. The van der Waals surface area contributed by atoms with Gasteiger partial charge in [-0.2, -0.15) is 0 Å². The average Bonchev–Trinajstić information content (AvgIpc) is 2.95. The fourth-order valence-electron chi connectivity index (χ4n) is 3.93. The minimum absolute atomic E-state index is 0.0645. The summed E-state index contributed by atoms with van der Waals surface area (Å²) in [6, 6.07) is 18.3. The molecule has 1 atom stereocenters. The van der Waals surface area contributed by atoms with Crippen LogP contribution in [0.4, 0.5) is 0 Å². The zero-order chi connectivity index (χ0) is 17.9. The standard InChI is InChI=1S/C22H24N2O2/c1-24-20-10-6-5-9-18(20)19-15-16(11-12-21(19)24)23-22(25)13-14-26-17-7-3-2-4-8-17/h2-10,16H,11-15H2,1H3,(H,23,25). The first-order chi connectivity index (χ1) is 12.7. The normalized spacial score (nSPS) is 16.3. The van der Waals surface area contributed by atoms with Gasteiger partial charge in [0, 0.05) is 29.7 Å². The largest absolute Gasteiger partial charge is 0.493 e. The molecule has 4 heteroatoms. The summed E-state index contributed by atoms with van der Waals surface area (Å²) in [4.78, 5) is 12.3. The molecule has 0 aliphatic heterocycles. The van der Waals surface area contributed by atoms with Crippen molar-refractivity contribution < 1.29 is 9.53 Å². The molecule has 1 unspecified atom stereocenters. The van der Waals surface area contributed by atoms with E-state index in [1.54, 1.807) is 0 Å².